The van der Waals surface area contributed by atoms with Gasteiger partial charge in [-0.3, -0.25) is 4.98 Å². The zero-order valence-electron chi connectivity index (χ0n) is 17.2. The molecule has 1 atom stereocenters. The molecule has 0 spiro atoms. The highest BCUT2D eigenvalue weighted by molar-refractivity contribution is 6.02. The largest absolute Gasteiger partial charge is 0.461 e. The van der Waals surface area contributed by atoms with Crippen molar-refractivity contribution < 1.29 is 4.42 Å². The van der Waals surface area contributed by atoms with Gasteiger partial charge in [-0.05, 0) is 85.2 Å². The van der Waals surface area contributed by atoms with Crippen molar-refractivity contribution in [1.82, 2.24) is 4.98 Å². The summed E-state index contributed by atoms with van der Waals surface area (Å²) < 4.78 is 6.05. The fourth-order valence-electron chi connectivity index (χ4n) is 4.99. The minimum absolute atomic E-state index is 0.466. The zero-order chi connectivity index (χ0) is 19.5. The standard InChI is InChI=1S/C26H27NO/c1-16-11-21-13-17(2)28-25(21)23(12-16)24-22-6-5-18(14-19(22)8-10-27-24)20-7-9-26(3,4)15-20/h5-6,8,10-14,20H,7,9,15H2,1-4H3. The Bertz CT molecular complexity index is 1200. The van der Waals surface area contributed by atoms with Crippen LogP contribution < -0.4 is 0 Å². The van der Waals surface area contributed by atoms with Gasteiger partial charge in [0.05, 0.1) is 5.69 Å². The lowest BCUT2D eigenvalue weighted by atomic mass is 9.88. The Kier molecular flexibility index (Phi) is 3.87. The Morgan fingerprint density at radius 3 is 2.64 bits per heavy atom. The zero-order valence-corrected chi connectivity index (χ0v) is 17.2. The van der Waals surface area contributed by atoms with Gasteiger partial charge in [-0.2, -0.15) is 0 Å². The minimum atomic E-state index is 0.466. The first kappa shape index (κ1) is 17.5. The van der Waals surface area contributed by atoms with E-state index >= 15 is 0 Å². The molecule has 1 aliphatic carbocycles. The highest BCUT2D eigenvalue weighted by Gasteiger charge is 2.31. The molecule has 2 heteroatoms. The third kappa shape index (κ3) is 2.92. The third-order valence-electron chi connectivity index (χ3n) is 6.37. The molecule has 4 aromatic rings. The molecular formula is C26H27NO. The van der Waals surface area contributed by atoms with Crippen molar-refractivity contribution in [1.29, 1.82) is 0 Å². The van der Waals surface area contributed by atoms with Crippen LogP contribution in [-0.2, 0) is 0 Å². The molecule has 2 nitrogen and oxygen atoms in total. The second-order valence-electron chi connectivity index (χ2n) is 9.33. The number of hydrogen-bond donors (Lipinski definition) is 0. The summed E-state index contributed by atoms with van der Waals surface area (Å²) in [7, 11) is 0. The van der Waals surface area contributed by atoms with E-state index < -0.39 is 0 Å². The van der Waals surface area contributed by atoms with Crippen molar-refractivity contribution in [3.05, 3.63) is 65.5 Å². The highest BCUT2D eigenvalue weighted by Crippen LogP contribution is 2.46. The van der Waals surface area contributed by atoms with Crippen LogP contribution in [0.5, 0.6) is 0 Å². The summed E-state index contributed by atoms with van der Waals surface area (Å²) in [4.78, 5) is 4.77. The minimum Gasteiger partial charge on any atom is -0.461 e. The molecule has 142 valence electrons. The first-order valence-electron chi connectivity index (χ1n) is 10.3. The first-order valence-corrected chi connectivity index (χ1v) is 10.3. The van der Waals surface area contributed by atoms with Crippen LogP contribution in [0.25, 0.3) is 33.0 Å². The molecule has 2 aromatic carbocycles. The monoisotopic (exact) mass is 369 g/mol. The Morgan fingerprint density at radius 2 is 1.86 bits per heavy atom. The average Bonchev–Trinajstić information content (AvgIpc) is 3.21. The summed E-state index contributed by atoms with van der Waals surface area (Å²) in [5, 5.41) is 3.62. The second-order valence-corrected chi connectivity index (χ2v) is 9.33. The van der Waals surface area contributed by atoms with E-state index in [4.69, 9.17) is 9.40 Å². The van der Waals surface area contributed by atoms with Crippen molar-refractivity contribution in [2.24, 2.45) is 5.41 Å². The van der Waals surface area contributed by atoms with Gasteiger partial charge in [0.15, 0.2) is 0 Å². The maximum absolute atomic E-state index is 6.05. The van der Waals surface area contributed by atoms with Gasteiger partial charge in [0.25, 0.3) is 0 Å². The van der Waals surface area contributed by atoms with Gasteiger partial charge < -0.3 is 4.42 Å². The normalized spacial score (nSPS) is 18.9. The van der Waals surface area contributed by atoms with Crippen molar-refractivity contribution in [3.63, 3.8) is 0 Å². The summed E-state index contributed by atoms with van der Waals surface area (Å²) in [6, 6.07) is 15.6. The van der Waals surface area contributed by atoms with Gasteiger partial charge in [-0.25, -0.2) is 0 Å². The Hall–Kier alpha value is -2.61. The van der Waals surface area contributed by atoms with Crippen LogP contribution in [0.4, 0.5) is 0 Å². The van der Waals surface area contributed by atoms with E-state index in [2.05, 4.69) is 63.2 Å². The van der Waals surface area contributed by atoms with Crippen molar-refractivity contribution >= 4 is 21.7 Å². The summed E-state index contributed by atoms with van der Waals surface area (Å²) >= 11 is 0. The molecule has 0 radical (unpaired) electrons. The molecule has 1 saturated carbocycles. The number of nitrogens with zero attached hydrogens (tertiary/aromatic N) is 1. The van der Waals surface area contributed by atoms with E-state index in [1.807, 2.05) is 13.1 Å². The number of pyridine rings is 1. The van der Waals surface area contributed by atoms with Gasteiger partial charge in [0.2, 0.25) is 0 Å². The number of aromatic nitrogens is 1. The molecule has 2 heterocycles. The number of fused-ring (bicyclic) bond motifs is 2. The number of aryl methyl sites for hydroxylation is 2. The Balaban J connectivity index is 1.66. The fraction of sp³-hybridized carbons (Fsp3) is 0.346. The Labute approximate surface area is 166 Å². The first-order chi connectivity index (χ1) is 13.4. The number of furan rings is 1. The summed E-state index contributed by atoms with van der Waals surface area (Å²) in [6.45, 7) is 8.93. The average molecular weight is 370 g/mol. The molecule has 0 bridgehead atoms. The van der Waals surface area contributed by atoms with Crippen molar-refractivity contribution in [2.75, 3.05) is 0 Å². The third-order valence-corrected chi connectivity index (χ3v) is 6.37. The predicted octanol–water partition coefficient (Wildman–Crippen LogP) is 7.56. The lowest BCUT2D eigenvalue weighted by Crippen LogP contribution is -2.04. The maximum Gasteiger partial charge on any atom is 0.143 e. The SMILES string of the molecule is Cc1cc(-c2nccc3cc(C4CCC(C)(C)C4)ccc23)c2oc(C)cc2c1. The molecule has 0 saturated heterocycles. The maximum atomic E-state index is 6.05. The molecular weight excluding hydrogens is 342 g/mol. The summed E-state index contributed by atoms with van der Waals surface area (Å²) in [5.41, 5.74) is 6.20. The fourth-order valence-corrected chi connectivity index (χ4v) is 4.99. The molecule has 0 N–H and O–H groups in total. The summed E-state index contributed by atoms with van der Waals surface area (Å²) in [5.74, 6) is 1.61. The number of rotatable bonds is 2. The molecule has 5 rings (SSSR count). The van der Waals surface area contributed by atoms with Crippen LogP contribution in [0.3, 0.4) is 0 Å². The van der Waals surface area contributed by atoms with Gasteiger partial charge in [-0.1, -0.05) is 32.0 Å². The molecule has 28 heavy (non-hydrogen) atoms. The number of hydrogen-bond acceptors (Lipinski definition) is 2. The Morgan fingerprint density at radius 1 is 1.00 bits per heavy atom. The van der Waals surface area contributed by atoms with E-state index in [1.54, 1.807) is 0 Å². The highest BCUT2D eigenvalue weighted by atomic mass is 16.3. The van der Waals surface area contributed by atoms with Crippen LogP contribution in [-0.4, -0.2) is 4.98 Å². The van der Waals surface area contributed by atoms with E-state index in [-0.39, 0.29) is 0 Å². The van der Waals surface area contributed by atoms with Crippen molar-refractivity contribution in [3.8, 4) is 11.3 Å². The smallest absolute Gasteiger partial charge is 0.143 e. The second kappa shape index (κ2) is 6.20. The molecule has 1 fully saturated rings. The molecule has 0 amide bonds. The topological polar surface area (TPSA) is 26.0 Å². The molecule has 1 unspecified atom stereocenters. The van der Waals surface area contributed by atoms with E-state index in [0.29, 0.717) is 11.3 Å². The molecule has 2 aromatic heterocycles. The lowest BCUT2D eigenvalue weighted by Gasteiger charge is -2.18. The summed E-state index contributed by atoms with van der Waals surface area (Å²) in [6.07, 6.45) is 5.82. The van der Waals surface area contributed by atoms with Crippen molar-refractivity contribution in [2.45, 2.75) is 52.9 Å². The van der Waals surface area contributed by atoms with E-state index in [1.165, 1.54) is 41.2 Å². The van der Waals surface area contributed by atoms with Gasteiger partial charge >= 0.3 is 0 Å². The van der Waals surface area contributed by atoms with Gasteiger partial charge in [0, 0.05) is 22.5 Å². The quantitative estimate of drug-likeness (QED) is 0.364. The van der Waals surface area contributed by atoms with E-state index in [9.17, 15) is 0 Å². The van der Waals surface area contributed by atoms with Crippen LogP contribution in [0.15, 0.2) is 53.1 Å². The molecule has 0 aliphatic heterocycles. The van der Waals surface area contributed by atoms with E-state index in [0.717, 1.165) is 28.0 Å². The van der Waals surface area contributed by atoms with Crippen LogP contribution in [0.1, 0.15) is 55.9 Å². The lowest BCUT2D eigenvalue weighted by molar-refractivity contribution is 0.376. The van der Waals surface area contributed by atoms with Crippen LogP contribution in [0.2, 0.25) is 0 Å². The predicted molar refractivity (Wildman–Crippen MR) is 117 cm³/mol. The van der Waals surface area contributed by atoms with Gasteiger partial charge in [0.1, 0.15) is 11.3 Å². The molecule has 1 aliphatic rings. The van der Waals surface area contributed by atoms with Crippen LogP contribution in [0, 0.1) is 19.3 Å². The number of benzene rings is 2. The van der Waals surface area contributed by atoms with Gasteiger partial charge in [-0.15, -0.1) is 0 Å². The van der Waals surface area contributed by atoms with Crippen LogP contribution >= 0.6 is 0 Å².